The first kappa shape index (κ1) is 22.2. The van der Waals surface area contributed by atoms with Crippen molar-refractivity contribution in [2.75, 3.05) is 13.1 Å². The summed E-state index contributed by atoms with van der Waals surface area (Å²) in [5.74, 6) is 0.349. The van der Waals surface area contributed by atoms with Crippen molar-refractivity contribution in [1.29, 1.82) is 0 Å². The molecule has 0 spiro atoms. The van der Waals surface area contributed by atoms with Gasteiger partial charge in [0, 0.05) is 37.1 Å². The molecule has 32 heavy (non-hydrogen) atoms. The van der Waals surface area contributed by atoms with Crippen LogP contribution in [0.4, 0.5) is 0 Å². The molecule has 0 radical (unpaired) electrons. The molecule has 3 heterocycles. The minimum absolute atomic E-state index is 0.00465. The molecule has 6 nitrogen and oxygen atoms in total. The van der Waals surface area contributed by atoms with E-state index in [1.54, 1.807) is 30.6 Å². The van der Waals surface area contributed by atoms with Crippen LogP contribution in [0.1, 0.15) is 40.5 Å². The zero-order valence-corrected chi connectivity index (χ0v) is 18.8. The SMILES string of the molecule is CCCN1CCc2ccc(C(=O)Cn3ccc(OCc4ccc(Cl)cn4)cc3=O)cc2C1. The highest BCUT2D eigenvalue weighted by atomic mass is 35.5. The lowest BCUT2D eigenvalue weighted by Gasteiger charge is -2.28. The van der Waals surface area contributed by atoms with Gasteiger partial charge in [-0.25, -0.2) is 0 Å². The number of halogens is 1. The fourth-order valence-electron chi connectivity index (χ4n) is 3.90. The number of ketones is 1. The fraction of sp³-hybridized carbons (Fsp3) is 0.320. The van der Waals surface area contributed by atoms with Gasteiger partial charge in [-0.2, -0.15) is 0 Å². The molecule has 0 N–H and O–H groups in total. The maximum Gasteiger partial charge on any atom is 0.254 e. The van der Waals surface area contributed by atoms with E-state index in [2.05, 4.69) is 22.9 Å². The lowest BCUT2D eigenvalue weighted by molar-refractivity contribution is 0.0970. The number of nitrogens with zero attached hydrogens (tertiary/aromatic N) is 3. The summed E-state index contributed by atoms with van der Waals surface area (Å²) in [6.45, 7) is 5.40. The van der Waals surface area contributed by atoms with Crippen molar-refractivity contribution in [2.45, 2.75) is 39.5 Å². The summed E-state index contributed by atoms with van der Waals surface area (Å²) in [5, 5.41) is 0.554. The van der Waals surface area contributed by atoms with E-state index < -0.39 is 0 Å². The molecule has 0 atom stereocenters. The molecule has 7 heteroatoms. The van der Waals surface area contributed by atoms with E-state index in [0.717, 1.165) is 32.5 Å². The minimum Gasteiger partial charge on any atom is -0.487 e. The van der Waals surface area contributed by atoms with E-state index in [4.69, 9.17) is 16.3 Å². The van der Waals surface area contributed by atoms with Crippen molar-refractivity contribution in [1.82, 2.24) is 14.5 Å². The van der Waals surface area contributed by atoms with Crippen molar-refractivity contribution < 1.29 is 9.53 Å². The molecular weight excluding hydrogens is 426 g/mol. The first-order valence-corrected chi connectivity index (χ1v) is 11.2. The molecule has 3 aromatic rings. The summed E-state index contributed by atoms with van der Waals surface area (Å²) in [5.41, 5.74) is 3.58. The molecule has 4 rings (SSSR count). The molecule has 0 bridgehead atoms. The Balaban J connectivity index is 1.40. The molecule has 1 aliphatic rings. The van der Waals surface area contributed by atoms with Gasteiger partial charge < -0.3 is 9.30 Å². The number of carbonyl (C=O) groups excluding carboxylic acids is 1. The Hall–Kier alpha value is -2.96. The van der Waals surface area contributed by atoms with Crippen LogP contribution in [-0.2, 0) is 26.1 Å². The number of carbonyl (C=O) groups is 1. The molecule has 0 saturated carbocycles. The summed E-state index contributed by atoms with van der Waals surface area (Å²) in [6.07, 6.45) is 5.27. The lowest BCUT2D eigenvalue weighted by atomic mass is 9.96. The van der Waals surface area contributed by atoms with Crippen LogP contribution < -0.4 is 10.3 Å². The highest BCUT2D eigenvalue weighted by Gasteiger charge is 2.18. The minimum atomic E-state index is -0.285. The second kappa shape index (κ2) is 10.1. The Bertz CT molecular complexity index is 1160. The summed E-state index contributed by atoms with van der Waals surface area (Å²) in [6, 6.07) is 12.5. The van der Waals surface area contributed by atoms with Gasteiger partial charge in [0.1, 0.15) is 12.4 Å². The van der Waals surface area contributed by atoms with E-state index in [0.29, 0.717) is 22.0 Å². The van der Waals surface area contributed by atoms with Gasteiger partial charge in [0.15, 0.2) is 5.78 Å². The van der Waals surface area contributed by atoms with Crippen molar-refractivity contribution in [3.8, 4) is 5.75 Å². The summed E-state index contributed by atoms with van der Waals surface area (Å²) in [7, 11) is 0. The van der Waals surface area contributed by atoms with Crippen molar-refractivity contribution in [3.63, 3.8) is 0 Å². The maximum absolute atomic E-state index is 12.9. The summed E-state index contributed by atoms with van der Waals surface area (Å²) >= 11 is 5.83. The Labute approximate surface area is 192 Å². The van der Waals surface area contributed by atoms with Gasteiger partial charge in [-0.3, -0.25) is 19.5 Å². The molecule has 0 aliphatic carbocycles. The highest BCUT2D eigenvalue weighted by Crippen LogP contribution is 2.21. The Morgan fingerprint density at radius 3 is 2.78 bits per heavy atom. The summed E-state index contributed by atoms with van der Waals surface area (Å²) < 4.78 is 7.04. The average Bonchev–Trinajstić information content (AvgIpc) is 2.80. The lowest BCUT2D eigenvalue weighted by Crippen LogP contribution is -2.31. The van der Waals surface area contributed by atoms with Crippen molar-refractivity contribution in [3.05, 3.63) is 92.6 Å². The van der Waals surface area contributed by atoms with Gasteiger partial charge in [0.05, 0.1) is 17.3 Å². The van der Waals surface area contributed by atoms with Crippen LogP contribution in [0, 0.1) is 0 Å². The maximum atomic E-state index is 12.9. The standard InChI is InChI=1S/C25H26ClN3O3/c1-2-9-28-10-7-18-3-4-19(12-20(18)15-28)24(30)16-29-11-8-23(13-25(29)31)32-17-22-6-5-21(26)14-27-22/h3-6,8,11-14H,2,7,9-10,15-17H2,1H3. The molecule has 0 fully saturated rings. The van der Waals surface area contributed by atoms with E-state index in [1.165, 1.54) is 21.8 Å². The van der Waals surface area contributed by atoms with Gasteiger partial charge in [-0.05, 0) is 54.8 Å². The molecular formula is C25H26ClN3O3. The number of hydrogen-bond donors (Lipinski definition) is 0. The molecule has 0 saturated heterocycles. The number of benzene rings is 1. The monoisotopic (exact) mass is 451 g/mol. The van der Waals surface area contributed by atoms with Crippen LogP contribution in [0.5, 0.6) is 5.75 Å². The number of hydrogen-bond acceptors (Lipinski definition) is 5. The third-order valence-electron chi connectivity index (χ3n) is 5.62. The first-order chi connectivity index (χ1) is 15.5. The first-order valence-electron chi connectivity index (χ1n) is 10.8. The third kappa shape index (κ3) is 5.44. The van der Waals surface area contributed by atoms with E-state index in [9.17, 15) is 9.59 Å². The zero-order chi connectivity index (χ0) is 22.5. The van der Waals surface area contributed by atoms with Crippen molar-refractivity contribution >= 4 is 17.4 Å². The molecule has 0 amide bonds. The second-order valence-electron chi connectivity index (χ2n) is 8.02. The molecule has 166 valence electrons. The van der Waals surface area contributed by atoms with Crippen LogP contribution in [0.25, 0.3) is 0 Å². The molecule has 2 aromatic heterocycles. The topological polar surface area (TPSA) is 64.4 Å². The van der Waals surface area contributed by atoms with E-state index >= 15 is 0 Å². The van der Waals surface area contributed by atoms with Gasteiger partial charge in [-0.15, -0.1) is 0 Å². The number of aromatic nitrogens is 2. The Morgan fingerprint density at radius 1 is 1.16 bits per heavy atom. The quantitative estimate of drug-likeness (QED) is 0.482. The predicted octanol–water partition coefficient (Wildman–Crippen LogP) is 4.13. The Kier molecular flexibility index (Phi) is 7.02. The van der Waals surface area contributed by atoms with Crippen molar-refractivity contribution in [2.24, 2.45) is 0 Å². The number of Topliss-reactive ketones (excluding diaryl/α,β-unsaturated/α-hetero) is 1. The Morgan fingerprint density at radius 2 is 2.03 bits per heavy atom. The molecule has 1 aliphatic heterocycles. The molecule has 1 aromatic carbocycles. The number of fused-ring (bicyclic) bond motifs is 1. The fourth-order valence-corrected chi connectivity index (χ4v) is 4.01. The zero-order valence-electron chi connectivity index (χ0n) is 18.1. The second-order valence-corrected chi connectivity index (χ2v) is 8.45. The number of ether oxygens (including phenoxy) is 1. The van der Waals surface area contributed by atoms with Crippen LogP contribution in [0.2, 0.25) is 5.02 Å². The van der Waals surface area contributed by atoms with E-state index in [1.807, 2.05) is 12.1 Å². The van der Waals surface area contributed by atoms with E-state index in [-0.39, 0.29) is 24.5 Å². The van der Waals surface area contributed by atoms with Crippen LogP contribution >= 0.6 is 11.6 Å². The summed E-state index contributed by atoms with van der Waals surface area (Å²) in [4.78, 5) is 31.9. The van der Waals surface area contributed by atoms with Gasteiger partial charge >= 0.3 is 0 Å². The van der Waals surface area contributed by atoms with Gasteiger partial charge in [0.2, 0.25) is 0 Å². The number of pyridine rings is 2. The predicted molar refractivity (Wildman–Crippen MR) is 124 cm³/mol. The largest absolute Gasteiger partial charge is 0.487 e. The highest BCUT2D eigenvalue weighted by molar-refractivity contribution is 6.30. The van der Waals surface area contributed by atoms with Gasteiger partial charge in [-0.1, -0.05) is 30.7 Å². The van der Waals surface area contributed by atoms with Crippen LogP contribution in [0.15, 0.2) is 59.7 Å². The van der Waals surface area contributed by atoms with Crippen LogP contribution in [0.3, 0.4) is 0 Å². The normalized spacial score (nSPS) is 13.6. The molecule has 0 unspecified atom stereocenters. The smallest absolute Gasteiger partial charge is 0.254 e. The number of rotatable bonds is 8. The van der Waals surface area contributed by atoms with Crippen LogP contribution in [-0.4, -0.2) is 33.3 Å². The third-order valence-corrected chi connectivity index (χ3v) is 5.84. The van der Waals surface area contributed by atoms with Gasteiger partial charge in [0.25, 0.3) is 5.56 Å². The average molecular weight is 452 g/mol.